The summed E-state index contributed by atoms with van der Waals surface area (Å²) in [7, 11) is 0. The fraction of sp³-hybridized carbons (Fsp3) is 0.238. The van der Waals surface area contributed by atoms with Gasteiger partial charge in [-0.15, -0.1) is 0 Å². The van der Waals surface area contributed by atoms with Crippen LogP contribution in [0, 0.1) is 0 Å². The lowest BCUT2D eigenvalue weighted by atomic mass is 10.1. The maximum atomic E-state index is 12.6. The molecule has 0 atom stereocenters. The van der Waals surface area contributed by atoms with Crippen LogP contribution in [0.2, 0.25) is 0 Å². The first kappa shape index (κ1) is 17.9. The molecule has 0 spiro atoms. The SMILES string of the molecule is Nc1cnc(-c2cccnc2)nc1Oc1ccc(C(=O)N2CCCCC2)cc1. The van der Waals surface area contributed by atoms with Gasteiger partial charge in [-0.1, -0.05) is 0 Å². The van der Waals surface area contributed by atoms with Crippen molar-refractivity contribution >= 4 is 11.6 Å². The van der Waals surface area contributed by atoms with Crippen molar-refractivity contribution in [3.05, 3.63) is 60.6 Å². The van der Waals surface area contributed by atoms with E-state index in [1.807, 2.05) is 17.0 Å². The molecule has 28 heavy (non-hydrogen) atoms. The second-order valence-corrected chi connectivity index (χ2v) is 6.68. The molecule has 142 valence electrons. The number of ether oxygens (including phenoxy) is 1. The van der Waals surface area contributed by atoms with Crippen molar-refractivity contribution in [1.29, 1.82) is 0 Å². The Kier molecular flexibility index (Phi) is 5.14. The van der Waals surface area contributed by atoms with E-state index >= 15 is 0 Å². The lowest BCUT2D eigenvalue weighted by molar-refractivity contribution is 0.0724. The van der Waals surface area contributed by atoms with Crippen LogP contribution in [0.25, 0.3) is 11.4 Å². The zero-order chi connectivity index (χ0) is 19.3. The molecule has 3 heterocycles. The van der Waals surface area contributed by atoms with Crippen molar-refractivity contribution in [2.45, 2.75) is 19.3 Å². The van der Waals surface area contributed by atoms with E-state index in [-0.39, 0.29) is 11.8 Å². The van der Waals surface area contributed by atoms with E-state index in [0.717, 1.165) is 31.5 Å². The number of pyridine rings is 1. The second-order valence-electron chi connectivity index (χ2n) is 6.68. The second kappa shape index (κ2) is 8.04. The molecule has 0 radical (unpaired) electrons. The number of aromatic nitrogens is 3. The average Bonchev–Trinajstić information content (AvgIpc) is 2.76. The number of nitrogens with zero attached hydrogens (tertiary/aromatic N) is 4. The Morgan fingerprint density at radius 1 is 1.04 bits per heavy atom. The minimum absolute atomic E-state index is 0.0617. The maximum Gasteiger partial charge on any atom is 0.253 e. The van der Waals surface area contributed by atoms with E-state index < -0.39 is 0 Å². The third-order valence-electron chi connectivity index (χ3n) is 4.66. The van der Waals surface area contributed by atoms with Crippen molar-refractivity contribution < 1.29 is 9.53 Å². The fourth-order valence-corrected chi connectivity index (χ4v) is 3.15. The molecule has 4 rings (SSSR count). The molecule has 1 aliphatic rings. The smallest absolute Gasteiger partial charge is 0.253 e. The highest BCUT2D eigenvalue weighted by Crippen LogP contribution is 2.27. The zero-order valence-corrected chi connectivity index (χ0v) is 15.4. The lowest BCUT2D eigenvalue weighted by Crippen LogP contribution is -2.35. The van der Waals surface area contributed by atoms with E-state index in [1.165, 1.54) is 12.6 Å². The van der Waals surface area contributed by atoms with Crippen LogP contribution in [0.4, 0.5) is 5.69 Å². The van der Waals surface area contributed by atoms with E-state index in [9.17, 15) is 4.79 Å². The first-order chi connectivity index (χ1) is 13.7. The quantitative estimate of drug-likeness (QED) is 0.749. The third kappa shape index (κ3) is 3.93. The number of hydrogen-bond donors (Lipinski definition) is 1. The maximum absolute atomic E-state index is 12.6. The average molecular weight is 375 g/mol. The number of amides is 1. The van der Waals surface area contributed by atoms with Gasteiger partial charge in [0.25, 0.3) is 5.91 Å². The van der Waals surface area contributed by atoms with Crippen LogP contribution in [0.1, 0.15) is 29.6 Å². The number of anilines is 1. The minimum Gasteiger partial charge on any atom is -0.437 e. The van der Waals surface area contributed by atoms with Crippen LogP contribution in [0.3, 0.4) is 0 Å². The summed E-state index contributed by atoms with van der Waals surface area (Å²) in [6.45, 7) is 1.65. The largest absolute Gasteiger partial charge is 0.437 e. The molecule has 1 amide bonds. The van der Waals surface area contributed by atoms with Gasteiger partial charge in [-0.25, -0.2) is 4.98 Å². The highest BCUT2D eigenvalue weighted by atomic mass is 16.5. The van der Waals surface area contributed by atoms with E-state index in [2.05, 4.69) is 15.0 Å². The van der Waals surface area contributed by atoms with Gasteiger partial charge in [0, 0.05) is 36.6 Å². The summed E-state index contributed by atoms with van der Waals surface area (Å²) in [6, 6.07) is 10.7. The van der Waals surface area contributed by atoms with Gasteiger partial charge < -0.3 is 15.4 Å². The lowest BCUT2D eigenvalue weighted by Gasteiger charge is -2.26. The monoisotopic (exact) mass is 375 g/mol. The summed E-state index contributed by atoms with van der Waals surface area (Å²) < 4.78 is 5.83. The van der Waals surface area contributed by atoms with Crippen molar-refractivity contribution in [2.75, 3.05) is 18.8 Å². The van der Waals surface area contributed by atoms with Crippen LogP contribution < -0.4 is 10.5 Å². The highest BCUT2D eigenvalue weighted by molar-refractivity contribution is 5.94. The van der Waals surface area contributed by atoms with Crippen LogP contribution >= 0.6 is 0 Å². The summed E-state index contributed by atoms with van der Waals surface area (Å²) in [5.41, 5.74) is 7.73. The summed E-state index contributed by atoms with van der Waals surface area (Å²) in [4.78, 5) is 27.2. The number of carbonyl (C=O) groups is 1. The van der Waals surface area contributed by atoms with Crippen LogP contribution in [-0.4, -0.2) is 38.8 Å². The van der Waals surface area contributed by atoms with Gasteiger partial charge in [0.05, 0.1) is 6.20 Å². The highest BCUT2D eigenvalue weighted by Gasteiger charge is 2.18. The third-order valence-corrected chi connectivity index (χ3v) is 4.66. The first-order valence-electron chi connectivity index (χ1n) is 9.31. The van der Waals surface area contributed by atoms with E-state index in [4.69, 9.17) is 10.5 Å². The Balaban J connectivity index is 1.51. The number of carbonyl (C=O) groups excluding carboxylic acids is 1. The van der Waals surface area contributed by atoms with Gasteiger partial charge in [-0.3, -0.25) is 9.78 Å². The van der Waals surface area contributed by atoms with Gasteiger partial charge in [-0.2, -0.15) is 4.98 Å². The number of likely N-dealkylation sites (tertiary alicyclic amines) is 1. The molecule has 0 unspecified atom stereocenters. The molecule has 7 heteroatoms. The van der Waals surface area contributed by atoms with Crippen LogP contribution in [0.15, 0.2) is 55.0 Å². The van der Waals surface area contributed by atoms with Crippen molar-refractivity contribution in [2.24, 2.45) is 0 Å². The number of rotatable bonds is 4. The Labute approximate surface area is 163 Å². The Bertz CT molecular complexity index is 954. The number of nitrogens with two attached hydrogens (primary N) is 1. The molecule has 1 aliphatic heterocycles. The zero-order valence-electron chi connectivity index (χ0n) is 15.4. The molecule has 2 N–H and O–H groups in total. The van der Waals surface area contributed by atoms with Crippen molar-refractivity contribution in [3.63, 3.8) is 0 Å². The summed E-state index contributed by atoms with van der Waals surface area (Å²) in [6.07, 6.45) is 8.20. The fourth-order valence-electron chi connectivity index (χ4n) is 3.15. The number of hydrogen-bond acceptors (Lipinski definition) is 6. The Morgan fingerprint density at radius 3 is 2.54 bits per heavy atom. The molecule has 1 aromatic carbocycles. The van der Waals surface area contributed by atoms with Gasteiger partial charge in [-0.05, 0) is 55.7 Å². The number of benzene rings is 1. The van der Waals surface area contributed by atoms with Gasteiger partial charge >= 0.3 is 0 Å². The molecule has 0 aliphatic carbocycles. The molecular weight excluding hydrogens is 354 g/mol. The summed E-state index contributed by atoms with van der Waals surface area (Å²) in [5, 5.41) is 0. The van der Waals surface area contributed by atoms with E-state index in [1.54, 1.807) is 36.7 Å². The Hall–Kier alpha value is -3.48. The molecule has 1 saturated heterocycles. The van der Waals surface area contributed by atoms with Crippen LogP contribution in [-0.2, 0) is 0 Å². The summed E-state index contributed by atoms with van der Waals surface area (Å²) >= 11 is 0. The topological polar surface area (TPSA) is 94.2 Å². The predicted molar refractivity (Wildman–Crippen MR) is 106 cm³/mol. The Morgan fingerprint density at radius 2 is 1.82 bits per heavy atom. The van der Waals surface area contributed by atoms with Gasteiger partial charge in [0.15, 0.2) is 5.82 Å². The van der Waals surface area contributed by atoms with Crippen LogP contribution in [0.5, 0.6) is 11.6 Å². The van der Waals surface area contributed by atoms with E-state index in [0.29, 0.717) is 22.8 Å². The van der Waals surface area contributed by atoms with Crippen molar-refractivity contribution in [1.82, 2.24) is 19.9 Å². The normalized spacial score (nSPS) is 13.9. The number of piperidine rings is 1. The minimum atomic E-state index is 0.0617. The molecule has 2 aromatic heterocycles. The summed E-state index contributed by atoms with van der Waals surface area (Å²) in [5.74, 6) is 1.36. The molecule has 3 aromatic rings. The predicted octanol–water partition coefficient (Wildman–Crippen LogP) is 3.54. The van der Waals surface area contributed by atoms with Gasteiger partial charge in [0.1, 0.15) is 11.4 Å². The molecule has 7 nitrogen and oxygen atoms in total. The molecule has 0 saturated carbocycles. The molecule has 1 fully saturated rings. The van der Waals surface area contributed by atoms with Crippen molar-refractivity contribution in [3.8, 4) is 23.0 Å². The molecular formula is C21H21N5O2. The standard InChI is InChI=1S/C21H21N5O2/c22-18-14-24-19(16-5-4-10-23-13-16)25-20(18)28-17-8-6-15(7-9-17)21(27)26-11-2-1-3-12-26/h4-10,13-14H,1-3,11-12,22H2. The first-order valence-corrected chi connectivity index (χ1v) is 9.31. The number of nitrogen functional groups attached to an aromatic ring is 1. The molecule has 0 bridgehead atoms. The van der Waals surface area contributed by atoms with Gasteiger partial charge in [0.2, 0.25) is 5.88 Å².